The third-order valence-electron chi connectivity index (χ3n) is 5.30. The number of hydrogen-bond donors (Lipinski definition) is 1. The first-order valence-electron chi connectivity index (χ1n) is 10.6. The summed E-state index contributed by atoms with van der Waals surface area (Å²) in [6, 6.07) is 17.8. The van der Waals surface area contributed by atoms with Gasteiger partial charge in [0, 0.05) is 32.3 Å². The third kappa shape index (κ3) is 5.27. The Morgan fingerprint density at radius 3 is 2.56 bits per heavy atom. The molecule has 4 rings (SSSR count). The Morgan fingerprint density at radius 1 is 1.06 bits per heavy atom. The number of nitrogens with zero attached hydrogens (tertiary/aromatic N) is 2. The molecule has 0 saturated carbocycles. The lowest BCUT2D eigenvalue weighted by atomic mass is 10.0. The summed E-state index contributed by atoms with van der Waals surface area (Å²) in [4.78, 5) is 16.2. The van der Waals surface area contributed by atoms with Crippen LogP contribution in [0.25, 0.3) is 0 Å². The van der Waals surface area contributed by atoms with E-state index in [9.17, 15) is 9.90 Å². The van der Waals surface area contributed by atoms with Gasteiger partial charge in [-0.25, -0.2) is 9.78 Å². The van der Waals surface area contributed by atoms with E-state index >= 15 is 0 Å². The summed E-state index contributed by atoms with van der Waals surface area (Å²) in [7, 11) is 0. The van der Waals surface area contributed by atoms with Crippen molar-refractivity contribution in [1.82, 2.24) is 9.55 Å². The van der Waals surface area contributed by atoms with E-state index in [4.69, 9.17) is 9.15 Å². The molecule has 0 spiro atoms. The molecular formula is C26H26N2O4. The summed E-state index contributed by atoms with van der Waals surface area (Å²) in [6.07, 6.45) is 4.80. The van der Waals surface area contributed by atoms with E-state index in [1.54, 1.807) is 6.20 Å². The molecule has 0 fully saturated rings. The summed E-state index contributed by atoms with van der Waals surface area (Å²) in [5, 5.41) is 9.67. The van der Waals surface area contributed by atoms with E-state index in [2.05, 4.69) is 4.98 Å². The number of benzene rings is 2. The highest BCUT2D eigenvalue weighted by atomic mass is 16.5. The molecule has 1 N–H and O–H groups in total. The first-order valence-corrected chi connectivity index (χ1v) is 10.6. The predicted octanol–water partition coefficient (Wildman–Crippen LogP) is 5.05. The van der Waals surface area contributed by atoms with E-state index in [0.29, 0.717) is 37.4 Å². The Labute approximate surface area is 187 Å². The molecule has 0 unspecified atom stereocenters. The topological polar surface area (TPSA) is 77.5 Å². The fourth-order valence-electron chi connectivity index (χ4n) is 3.81. The number of carboxylic acid groups (broad SMARTS) is 1. The molecule has 0 aliphatic heterocycles. The van der Waals surface area contributed by atoms with Crippen LogP contribution in [-0.2, 0) is 19.4 Å². The lowest BCUT2D eigenvalue weighted by Crippen LogP contribution is -2.03. The number of carbonyl (C=O) groups is 1. The van der Waals surface area contributed by atoms with Gasteiger partial charge in [-0.05, 0) is 42.2 Å². The summed E-state index contributed by atoms with van der Waals surface area (Å²) < 4.78 is 13.3. The Bertz CT molecular complexity index is 1210. The highest BCUT2D eigenvalue weighted by Crippen LogP contribution is 2.21. The Hall–Kier alpha value is -3.80. The average molecular weight is 431 g/mol. The van der Waals surface area contributed by atoms with Crippen molar-refractivity contribution in [3.8, 4) is 5.75 Å². The van der Waals surface area contributed by atoms with Gasteiger partial charge in [0.2, 0.25) is 0 Å². The van der Waals surface area contributed by atoms with Gasteiger partial charge in [0.15, 0.2) is 5.89 Å². The monoisotopic (exact) mass is 430 g/mol. The van der Waals surface area contributed by atoms with Crippen LogP contribution in [0, 0.1) is 13.8 Å². The fraction of sp³-hybridized carbons (Fsp3) is 0.231. The zero-order valence-electron chi connectivity index (χ0n) is 18.2. The van der Waals surface area contributed by atoms with Gasteiger partial charge in [0.25, 0.3) is 0 Å². The molecule has 6 heteroatoms. The molecule has 32 heavy (non-hydrogen) atoms. The van der Waals surface area contributed by atoms with Crippen LogP contribution in [0.5, 0.6) is 5.75 Å². The number of aromatic nitrogens is 2. The predicted molar refractivity (Wildman–Crippen MR) is 121 cm³/mol. The second-order valence-electron chi connectivity index (χ2n) is 7.82. The largest absolute Gasteiger partial charge is 0.493 e. The minimum Gasteiger partial charge on any atom is -0.493 e. The number of oxazole rings is 1. The minimum absolute atomic E-state index is 0.323. The van der Waals surface area contributed by atoms with Crippen LogP contribution in [0.1, 0.15) is 44.4 Å². The molecule has 0 amide bonds. The van der Waals surface area contributed by atoms with Gasteiger partial charge < -0.3 is 18.8 Å². The van der Waals surface area contributed by atoms with Crippen molar-refractivity contribution < 1.29 is 19.1 Å². The van der Waals surface area contributed by atoms with Gasteiger partial charge in [-0.2, -0.15) is 0 Å². The zero-order chi connectivity index (χ0) is 22.5. The molecule has 6 nitrogen and oxygen atoms in total. The average Bonchev–Trinajstić information content (AvgIpc) is 3.31. The smallest absolute Gasteiger partial charge is 0.337 e. The van der Waals surface area contributed by atoms with Gasteiger partial charge in [-0.1, -0.05) is 42.5 Å². The number of hydrogen-bond acceptors (Lipinski definition) is 4. The second-order valence-corrected chi connectivity index (χ2v) is 7.82. The van der Waals surface area contributed by atoms with Crippen molar-refractivity contribution in [2.45, 2.75) is 33.2 Å². The van der Waals surface area contributed by atoms with Crippen molar-refractivity contribution in [3.63, 3.8) is 0 Å². The van der Waals surface area contributed by atoms with Crippen LogP contribution in [0.15, 0.2) is 71.4 Å². The third-order valence-corrected chi connectivity index (χ3v) is 5.30. The molecule has 0 atom stereocenters. The SMILES string of the molecule is Cc1nc(CCOc2cccc(Cc3cn(Cc4ccccc4)cc3C(=O)O)c2)c(C)o1. The van der Waals surface area contributed by atoms with Crippen LogP contribution in [0.3, 0.4) is 0 Å². The van der Waals surface area contributed by atoms with Crippen LogP contribution in [-0.4, -0.2) is 27.2 Å². The molecule has 0 aliphatic carbocycles. The Morgan fingerprint density at radius 2 is 1.84 bits per heavy atom. The summed E-state index contributed by atoms with van der Waals surface area (Å²) in [5.74, 6) is 1.31. The molecule has 0 bridgehead atoms. The van der Waals surface area contributed by atoms with Gasteiger partial charge >= 0.3 is 5.97 Å². The normalized spacial score (nSPS) is 10.9. The highest BCUT2D eigenvalue weighted by molar-refractivity contribution is 5.89. The lowest BCUT2D eigenvalue weighted by molar-refractivity contribution is 0.0696. The molecule has 0 saturated heterocycles. The molecule has 0 aliphatic rings. The molecule has 2 heterocycles. The van der Waals surface area contributed by atoms with E-state index in [1.165, 1.54) is 0 Å². The number of carboxylic acids is 1. The van der Waals surface area contributed by atoms with Crippen molar-refractivity contribution >= 4 is 5.97 Å². The minimum atomic E-state index is -0.919. The first kappa shape index (κ1) is 21.4. The van der Waals surface area contributed by atoms with Crippen molar-refractivity contribution in [2.24, 2.45) is 0 Å². The van der Waals surface area contributed by atoms with E-state index in [0.717, 1.165) is 33.9 Å². The standard InChI is InChI=1S/C26H26N2O4/c1-18-25(27-19(2)32-18)11-12-31-23-10-6-9-21(14-23)13-22-16-28(17-24(22)26(29)30)15-20-7-4-3-5-8-20/h3-10,14,16-17H,11-13,15H2,1-2H3,(H,29,30). The van der Waals surface area contributed by atoms with E-state index < -0.39 is 5.97 Å². The van der Waals surface area contributed by atoms with E-state index in [1.807, 2.05) is 79.2 Å². The van der Waals surface area contributed by atoms with Crippen LogP contribution in [0.2, 0.25) is 0 Å². The molecular weight excluding hydrogens is 404 g/mol. The van der Waals surface area contributed by atoms with Crippen LogP contribution < -0.4 is 4.74 Å². The maximum absolute atomic E-state index is 11.8. The van der Waals surface area contributed by atoms with Gasteiger partial charge in [0.1, 0.15) is 11.5 Å². The molecule has 164 valence electrons. The Balaban J connectivity index is 1.44. The number of aryl methyl sites for hydroxylation is 2. The summed E-state index contributed by atoms with van der Waals surface area (Å²) >= 11 is 0. The molecule has 2 aromatic heterocycles. The van der Waals surface area contributed by atoms with E-state index in [-0.39, 0.29) is 0 Å². The van der Waals surface area contributed by atoms with Crippen molar-refractivity contribution in [1.29, 1.82) is 0 Å². The van der Waals surface area contributed by atoms with Crippen molar-refractivity contribution in [2.75, 3.05) is 6.61 Å². The van der Waals surface area contributed by atoms with Crippen molar-refractivity contribution in [3.05, 3.63) is 107 Å². The lowest BCUT2D eigenvalue weighted by Gasteiger charge is -2.08. The van der Waals surface area contributed by atoms with Gasteiger partial charge in [0.05, 0.1) is 17.9 Å². The molecule has 0 radical (unpaired) electrons. The Kier molecular flexibility index (Phi) is 6.40. The highest BCUT2D eigenvalue weighted by Gasteiger charge is 2.15. The molecule has 2 aromatic carbocycles. The van der Waals surface area contributed by atoms with Gasteiger partial charge in [-0.15, -0.1) is 0 Å². The summed E-state index contributed by atoms with van der Waals surface area (Å²) in [6.45, 7) is 4.86. The summed E-state index contributed by atoms with van der Waals surface area (Å²) in [5.41, 5.74) is 4.13. The maximum Gasteiger partial charge on any atom is 0.337 e. The van der Waals surface area contributed by atoms with Crippen LogP contribution in [0.4, 0.5) is 0 Å². The zero-order valence-corrected chi connectivity index (χ0v) is 18.2. The van der Waals surface area contributed by atoms with Crippen LogP contribution >= 0.6 is 0 Å². The van der Waals surface area contributed by atoms with Gasteiger partial charge in [-0.3, -0.25) is 0 Å². The number of rotatable bonds is 9. The molecule has 4 aromatic rings. The fourth-order valence-corrected chi connectivity index (χ4v) is 3.81. The number of aromatic carboxylic acids is 1. The first-order chi connectivity index (χ1) is 15.5. The maximum atomic E-state index is 11.8. The number of ether oxygens (including phenoxy) is 1. The quantitative estimate of drug-likeness (QED) is 0.402. The second kappa shape index (κ2) is 9.56.